The van der Waals surface area contributed by atoms with Gasteiger partial charge in [-0.25, -0.2) is 5.43 Å². The summed E-state index contributed by atoms with van der Waals surface area (Å²) in [5, 5.41) is 5.50. The number of likely N-dealkylation sites (N-methyl/N-ethyl adjacent to an activating group) is 2. The maximum Gasteiger partial charge on any atom is 0.324 e. The van der Waals surface area contributed by atoms with Gasteiger partial charge in [-0.05, 0) is 110 Å². The van der Waals surface area contributed by atoms with E-state index in [1.165, 1.54) is 16.0 Å². The topological polar surface area (TPSA) is 175 Å². The Kier molecular flexibility index (Phi) is 18.4. The van der Waals surface area contributed by atoms with Gasteiger partial charge in [0.15, 0.2) is 0 Å². The number of nitrogens with one attached hydrogen (secondary N) is 2. The number of aryl methyl sites for hydroxylation is 1. The van der Waals surface area contributed by atoms with E-state index in [1.54, 1.807) is 25.1 Å². The largest absolute Gasteiger partial charge is 0.464 e. The van der Waals surface area contributed by atoms with Crippen LogP contribution in [0.2, 0.25) is 0 Å². The Labute approximate surface area is 454 Å². The molecule has 4 atom stereocenters. The number of methoxy groups -OCH3 is 1. The van der Waals surface area contributed by atoms with Crippen molar-refractivity contribution in [2.24, 2.45) is 17.3 Å². The fourth-order valence-electron chi connectivity index (χ4n) is 11.6. The fraction of sp³-hybridized carbons (Fsp3) is 0.533. The van der Waals surface area contributed by atoms with Crippen LogP contribution in [0.5, 0.6) is 5.75 Å². The number of ether oxygens (including phenoxy) is 3. The first kappa shape index (κ1) is 56.8. The number of piperazine rings is 1. The second-order valence-corrected chi connectivity index (χ2v) is 22.6. The summed E-state index contributed by atoms with van der Waals surface area (Å²) in [7, 11) is 5.40. The lowest BCUT2D eigenvalue weighted by molar-refractivity contribution is -0.155. The number of carbonyl (C=O) groups is 6. The third kappa shape index (κ3) is 13.3. The third-order valence-electron chi connectivity index (χ3n) is 15.8. The highest BCUT2D eigenvalue weighted by molar-refractivity contribution is 5.96. The van der Waals surface area contributed by atoms with Gasteiger partial charge in [0.25, 0.3) is 5.91 Å². The molecule has 3 fully saturated rings. The van der Waals surface area contributed by atoms with Gasteiger partial charge in [0, 0.05) is 101 Å². The Balaban J connectivity index is 1.23. The third-order valence-corrected chi connectivity index (χ3v) is 15.8. The van der Waals surface area contributed by atoms with Crippen molar-refractivity contribution >= 4 is 46.5 Å². The van der Waals surface area contributed by atoms with E-state index in [0.717, 1.165) is 70.6 Å². The van der Waals surface area contributed by atoms with Gasteiger partial charge in [-0.1, -0.05) is 70.7 Å². The maximum atomic E-state index is 15.1. The van der Waals surface area contributed by atoms with Crippen LogP contribution in [-0.4, -0.2) is 170 Å². The number of fused-ring (bicyclic) bond motifs is 6. The number of likely N-dealkylation sites (tertiary alicyclic amines) is 1. The fourth-order valence-corrected chi connectivity index (χ4v) is 11.6. The molecule has 17 heteroatoms. The molecule has 0 unspecified atom stereocenters. The average molecular weight is 1060 g/mol. The number of cyclic esters (lactones) is 1. The quantitative estimate of drug-likeness (QED) is 0.0822. The lowest BCUT2D eigenvalue weighted by atomic mass is 9.83. The zero-order valence-corrected chi connectivity index (χ0v) is 46.5. The Morgan fingerprint density at radius 1 is 0.974 bits per heavy atom. The molecular formula is C60H80N8O9. The van der Waals surface area contributed by atoms with E-state index in [0.29, 0.717) is 69.7 Å². The molecule has 0 radical (unpaired) electrons. The number of benzene rings is 3. The van der Waals surface area contributed by atoms with E-state index in [9.17, 15) is 24.0 Å². The second-order valence-electron chi connectivity index (χ2n) is 22.6. The number of hydrogen-bond donors (Lipinski definition) is 2. The molecular weight excluding hydrogens is 977 g/mol. The van der Waals surface area contributed by atoms with Crippen LogP contribution in [0.25, 0.3) is 33.3 Å². The standard InChI is InChI=1S/C60H80N8O9/c1-10-52(69)66-25-20-43(37-66)57(72)64(8)54(39(3)4)56(71)61-50-33-40-31-44(34-45(32-40)77-53(70)21-24-65-28-26-63(7)27-29-65)42-18-19-51-47(35-42)48(55(67(51)11-2)46-16-13-12-15-41(46)22-30-75-9)36-60(5,6)38-76-59(74)49-17-14-23-68(62-49)58(50)73/h10,12-13,15-16,18-19,31-32,34-35,39,43,49-50,54,62H,1,11,14,17,20-30,33,36-38H2,2-9H3,(H,61,71)/t43-,49-,50-,54-/m0/s1. The number of nitrogens with zero attached hydrogens (tertiary/aromatic N) is 6. The monoisotopic (exact) mass is 1060 g/mol. The predicted octanol–water partition coefficient (Wildman–Crippen LogP) is 5.89. The first-order chi connectivity index (χ1) is 36.9. The van der Waals surface area contributed by atoms with Crippen molar-refractivity contribution in [1.82, 2.24) is 39.9 Å². The van der Waals surface area contributed by atoms with E-state index in [4.69, 9.17) is 14.2 Å². The van der Waals surface area contributed by atoms with Gasteiger partial charge >= 0.3 is 11.9 Å². The van der Waals surface area contributed by atoms with E-state index in [2.05, 4.69) is 102 Å². The number of rotatable bonds is 15. The number of amides is 4. The van der Waals surface area contributed by atoms with Crippen molar-refractivity contribution < 1.29 is 43.0 Å². The van der Waals surface area contributed by atoms with E-state index in [1.807, 2.05) is 26.0 Å². The summed E-state index contributed by atoms with van der Waals surface area (Å²) < 4.78 is 20.4. The van der Waals surface area contributed by atoms with Crippen LogP contribution >= 0.6 is 0 Å². The van der Waals surface area contributed by atoms with Crippen molar-refractivity contribution in [3.63, 3.8) is 0 Å². The molecule has 4 amide bonds. The van der Waals surface area contributed by atoms with Crippen molar-refractivity contribution in [3.05, 3.63) is 90.0 Å². The highest BCUT2D eigenvalue weighted by Crippen LogP contribution is 2.42. The number of esters is 2. The molecule has 6 bridgehead atoms. The molecule has 17 nitrogen and oxygen atoms in total. The van der Waals surface area contributed by atoms with E-state index in [-0.39, 0.29) is 56.2 Å². The zero-order valence-electron chi connectivity index (χ0n) is 46.5. The van der Waals surface area contributed by atoms with Crippen LogP contribution in [0.3, 0.4) is 0 Å². The normalized spacial score (nSPS) is 20.9. The van der Waals surface area contributed by atoms with Gasteiger partial charge in [0.05, 0.1) is 31.2 Å². The number of carbonyl (C=O) groups excluding carboxylic acids is 6. The van der Waals surface area contributed by atoms with E-state index < -0.39 is 47.2 Å². The summed E-state index contributed by atoms with van der Waals surface area (Å²) in [6.07, 6.45) is 4.03. The average Bonchev–Trinajstić information content (AvgIpc) is 4.20. The molecule has 0 saturated carbocycles. The molecule has 4 aliphatic rings. The highest BCUT2D eigenvalue weighted by atomic mass is 16.5. The number of hydrazine groups is 1. The predicted molar refractivity (Wildman–Crippen MR) is 296 cm³/mol. The Hall–Kier alpha value is -6.40. The van der Waals surface area contributed by atoms with Gasteiger partial charge in [-0.2, -0.15) is 0 Å². The van der Waals surface area contributed by atoms with Gasteiger partial charge in [0.2, 0.25) is 17.7 Å². The maximum absolute atomic E-state index is 15.1. The molecule has 4 aromatic rings. The Morgan fingerprint density at radius 3 is 2.47 bits per heavy atom. The summed E-state index contributed by atoms with van der Waals surface area (Å²) in [6.45, 7) is 20.0. The zero-order chi connectivity index (χ0) is 55.1. The van der Waals surface area contributed by atoms with Crippen molar-refractivity contribution in [1.29, 1.82) is 0 Å². The summed E-state index contributed by atoms with van der Waals surface area (Å²) >= 11 is 0. The summed E-state index contributed by atoms with van der Waals surface area (Å²) in [6, 6.07) is 17.4. The number of hydrogen-bond acceptors (Lipinski definition) is 12. The van der Waals surface area contributed by atoms with E-state index >= 15 is 4.79 Å². The van der Waals surface area contributed by atoms with Gasteiger partial charge < -0.3 is 43.7 Å². The van der Waals surface area contributed by atoms with Crippen LogP contribution in [0.1, 0.15) is 77.0 Å². The summed E-state index contributed by atoms with van der Waals surface area (Å²) in [4.78, 5) is 92.1. The lowest BCUT2D eigenvalue weighted by Crippen LogP contribution is -2.62. The van der Waals surface area contributed by atoms with Crippen LogP contribution in [-0.2, 0) is 64.0 Å². The lowest BCUT2D eigenvalue weighted by Gasteiger charge is -2.37. The second kappa shape index (κ2) is 24.9. The molecule has 3 saturated heterocycles. The minimum atomic E-state index is -1.20. The molecule has 3 aromatic carbocycles. The van der Waals surface area contributed by atoms with Gasteiger partial charge in [-0.3, -0.25) is 33.8 Å². The van der Waals surface area contributed by atoms with Crippen molar-refractivity contribution in [3.8, 4) is 28.1 Å². The van der Waals surface area contributed by atoms with Crippen LogP contribution in [0.4, 0.5) is 0 Å². The van der Waals surface area contributed by atoms with Crippen LogP contribution in [0, 0.1) is 17.3 Å². The minimum absolute atomic E-state index is 0.0302. The SMILES string of the molecule is C=CC(=O)N1CC[C@H](C(=O)N(C)[C@H](C(=O)N[C@H]2Cc3cc(OC(=O)CCN4CCN(C)CC4)cc(c3)-c3ccc4c(c3)c(c(-c3ccccc3CCOC)n4CC)CC(C)(C)COC(=O)[C@@H]3CCCN(N3)C2=O)C(C)C)C1. The molecule has 0 aliphatic carbocycles. The smallest absolute Gasteiger partial charge is 0.324 e. The van der Waals surface area contributed by atoms with Crippen LogP contribution in [0.15, 0.2) is 73.3 Å². The first-order valence-electron chi connectivity index (χ1n) is 27.6. The van der Waals surface area contributed by atoms with Gasteiger partial charge in [-0.15, -0.1) is 0 Å². The minimum Gasteiger partial charge on any atom is -0.464 e. The molecule has 4 aliphatic heterocycles. The molecule has 77 heavy (non-hydrogen) atoms. The highest BCUT2D eigenvalue weighted by Gasteiger charge is 2.40. The summed E-state index contributed by atoms with van der Waals surface area (Å²) in [5.74, 6) is -3.00. The molecule has 1 aromatic heterocycles. The molecule has 2 N–H and O–H groups in total. The van der Waals surface area contributed by atoms with Gasteiger partial charge in [0.1, 0.15) is 23.9 Å². The molecule has 8 rings (SSSR count). The first-order valence-corrected chi connectivity index (χ1v) is 27.6. The van der Waals surface area contributed by atoms with Crippen LogP contribution < -0.4 is 15.5 Å². The van der Waals surface area contributed by atoms with Crippen molar-refractivity contribution in [2.45, 2.75) is 104 Å². The molecule has 0 spiro atoms. The summed E-state index contributed by atoms with van der Waals surface area (Å²) in [5.41, 5.74) is 10.3. The Morgan fingerprint density at radius 2 is 1.74 bits per heavy atom. The number of aromatic nitrogens is 1. The Bertz CT molecular complexity index is 2830. The molecule has 5 heterocycles. The van der Waals surface area contributed by atoms with Crippen molar-refractivity contribution in [2.75, 3.05) is 86.8 Å². The molecule has 414 valence electrons.